The Bertz CT molecular complexity index is 888. The van der Waals surface area contributed by atoms with E-state index in [-0.39, 0.29) is 44.5 Å². The molecule has 0 spiro atoms. The van der Waals surface area contributed by atoms with Gasteiger partial charge in [0.1, 0.15) is 0 Å². The number of amides is 1. The quantitative estimate of drug-likeness (QED) is 0.436. The fourth-order valence-electron chi connectivity index (χ4n) is 10.7. The van der Waals surface area contributed by atoms with Gasteiger partial charge in [0.25, 0.3) is 0 Å². The molecule has 5 aliphatic carbocycles. The lowest BCUT2D eigenvalue weighted by molar-refractivity contribution is -0.203. The monoisotopic (exact) mass is 455 g/mol. The first-order chi connectivity index (χ1) is 15.1. The van der Waals surface area contributed by atoms with E-state index in [0.717, 1.165) is 51.4 Å². The first-order valence-electron chi connectivity index (χ1n) is 13.8. The van der Waals surface area contributed by atoms with Crippen LogP contribution in [0.1, 0.15) is 113 Å². The summed E-state index contributed by atoms with van der Waals surface area (Å²) in [6.45, 7) is 17.1. The highest BCUT2D eigenvalue weighted by atomic mass is 16.3. The van der Waals surface area contributed by atoms with Crippen LogP contribution < -0.4 is 5.73 Å². The van der Waals surface area contributed by atoms with Crippen LogP contribution in [0, 0.1) is 50.2 Å². The van der Waals surface area contributed by atoms with E-state index >= 15 is 0 Å². The highest BCUT2D eigenvalue weighted by molar-refractivity contribution is 5.82. The van der Waals surface area contributed by atoms with Crippen LogP contribution in [0.15, 0.2) is 11.6 Å². The molecule has 186 valence electrons. The zero-order chi connectivity index (χ0) is 24.2. The molecule has 0 heterocycles. The third-order valence-electron chi connectivity index (χ3n) is 13.1. The number of rotatable bonds is 1. The van der Waals surface area contributed by atoms with E-state index in [9.17, 15) is 9.90 Å². The average molecular weight is 456 g/mol. The minimum Gasteiger partial charge on any atom is -0.393 e. The number of hydrogen-bond donors (Lipinski definition) is 2. The van der Waals surface area contributed by atoms with Gasteiger partial charge in [0.05, 0.1) is 11.5 Å². The van der Waals surface area contributed by atoms with E-state index in [2.05, 4.69) is 54.5 Å². The molecule has 0 aromatic heterocycles. The van der Waals surface area contributed by atoms with Crippen LogP contribution in [0.5, 0.6) is 0 Å². The Morgan fingerprint density at radius 1 is 0.909 bits per heavy atom. The van der Waals surface area contributed by atoms with Crippen LogP contribution in [-0.2, 0) is 4.79 Å². The van der Waals surface area contributed by atoms with E-state index in [1.54, 1.807) is 5.57 Å². The Morgan fingerprint density at radius 3 is 2.24 bits per heavy atom. The van der Waals surface area contributed by atoms with Crippen LogP contribution >= 0.6 is 0 Å². The summed E-state index contributed by atoms with van der Waals surface area (Å²) in [6.07, 6.45) is 13.3. The Hall–Kier alpha value is -0.830. The van der Waals surface area contributed by atoms with Crippen molar-refractivity contribution in [2.45, 2.75) is 119 Å². The molecule has 4 saturated carbocycles. The molecule has 3 heteroatoms. The Labute approximate surface area is 202 Å². The molecule has 5 aliphatic rings. The second-order valence-electron chi connectivity index (χ2n) is 15.1. The van der Waals surface area contributed by atoms with Crippen LogP contribution in [-0.4, -0.2) is 17.1 Å². The Kier molecular flexibility index (Phi) is 4.99. The fourth-order valence-corrected chi connectivity index (χ4v) is 10.7. The summed E-state index contributed by atoms with van der Waals surface area (Å²) in [4.78, 5) is 13.0. The lowest BCUT2D eigenvalue weighted by atomic mass is 9.33. The zero-order valence-corrected chi connectivity index (χ0v) is 22.4. The molecule has 0 unspecified atom stereocenters. The molecule has 0 radical (unpaired) electrons. The third kappa shape index (κ3) is 2.87. The van der Waals surface area contributed by atoms with E-state index in [1.165, 1.54) is 12.8 Å². The first kappa shape index (κ1) is 23.9. The largest absolute Gasteiger partial charge is 0.393 e. The van der Waals surface area contributed by atoms with Gasteiger partial charge in [-0.1, -0.05) is 60.1 Å². The molecule has 8 atom stereocenters. The number of hydrogen-bond acceptors (Lipinski definition) is 2. The number of nitrogens with two attached hydrogens (primary N) is 1. The van der Waals surface area contributed by atoms with Crippen molar-refractivity contribution < 1.29 is 9.90 Å². The van der Waals surface area contributed by atoms with E-state index < -0.39 is 0 Å². The van der Waals surface area contributed by atoms with Crippen LogP contribution in [0.4, 0.5) is 0 Å². The lowest BCUT2D eigenvalue weighted by Crippen LogP contribution is -2.65. The molecular formula is C30H49NO2. The Balaban J connectivity index is 1.60. The highest BCUT2D eigenvalue weighted by Gasteiger charge is 2.68. The maximum Gasteiger partial charge on any atom is 0.224 e. The van der Waals surface area contributed by atoms with Crippen molar-refractivity contribution in [3.8, 4) is 0 Å². The van der Waals surface area contributed by atoms with Crippen LogP contribution in [0.25, 0.3) is 0 Å². The number of primary amides is 1. The summed E-state index contributed by atoms with van der Waals surface area (Å²) in [5.41, 5.74) is 8.36. The minimum absolute atomic E-state index is 0.0136. The summed E-state index contributed by atoms with van der Waals surface area (Å²) in [7, 11) is 0. The van der Waals surface area contributed by atoms with Gasteiger partial charge in [0.2, 0.25) is 5.91 Å². The van der Waals surface area contributed by atoms with Crippen molar-refractivity contribution >= 4 is 5.91 Å². The van der Waals surface area contributed by atoms with Gasteiger partial charge in [-0.2, -0.15) is 0 Å². The van der Waals surface area contributed by atoms with Gasteiger partial charge in [-0.3, -0.25) is 4.79 Å². The van der Waals surface area contributed by atoms with Crippen molar-refractivity contribution in [2.24, 2.45) is 56.0 Å². The van der Waals surface area contributed by atoms with E-state index in [1.807, 2.05) is 0 Å². The number of fused-ring (bicyclic) bond motifs is 7. The average Bonchev–Trinajstić information content (AvgIpc) is 2.71. The van der Waals surface area contributed by atoms with Crippen LogP contribution in [0.3, 0.4) is 0 Å². The molecule has 0 aliphatic heterocycles. The summed E-state index contributed by atoms with van der Waals surface area (Å²) in [6, 6.07) is 0. The highest BCUT2D eigenvalue weighted by Crippen LogP contribution is 2.75. The normalized spacial score (nSPS) is 52.4. The number of carbonyl (C=O) groups excluding carboxylic acids is 1. The maximum absolute atomic E-state index is 13.0. The van der Waals surface area contributed by atoms with Crippen molar-refractivity contribution in [1.82, 2.24) is 0 Å². The third-order valence-corrected chi connectivity index (χ3v) is 13.1. The summed E-state index contributed by atoms with van der Waals surface area (Å²) in [5, 5.41) is 10.9. The summed E-state index contributed by atoms with van der Waals surface area (Å²) >= 11 is 0. The lowest BCUT2D eigenvalue weighted by Gasteiger charge is -2.71. The molecule has 0 saturated heterocycles. The fraction of sp³-hybridized carbons (Fsp3) is 0.900. The van der Waals surface area contributed by atoms with Gasteiger partial charge >= 0.3 is 0 Å². The van der Waals surface area contributed by atoms with E-state index in [0.29, 0.717) is 17.8 Å². The Morgan fingerprint density at radius 2 is 1.58 bits per heavy atom. The molecular weight excluding hydrogens is 406 g/mol. The van der Waals surface area contributed by atoms with Crippen molar-refractivity contribution in [1.29, 1.82) is 0 Å². The van der Waals surface area contributed by atoms with Crippen LogP contribution in [0.2, 0.25) is 0 Å². The second-order valence-corrected chi connectivity index (χ2v) is 15.1. The van der Waals surface area contributed by atoms with Gasteiger partial charge in [-0.25, -0.2) is 0 Å². The predicted molar refractivity (Wildman–Crippen MR) is 134 cm³/mol. The molecule has 0 bridgehead atoms. The van der Waals surface area contributed by atoms with Crippen molar-refractivity contribution in [2.75, 3.05) is 0 Å². The molecule has 1 amide bonds. The first-order valence-corrected chi connectivity index (χ1v) is 13.8. The van der Waals surface area contributed by atoms with Gasteiger partial charge in [0, 0.05) is 0 Å². The molecule has 0 aromatic carbocycles. The standard InChI is InChI=1S/C30H49NO2/c1-25(2)14-16-30(24(31)33)17-15-28(6)19(20(30)18-25)8-9-22-27(5)12-11-23(32)26(3,4)21(27)10-13-29(22,28)7/h8,20-23,32H,9-18H2,1-7H3,(H2,31,33)/t20-,21-,22+,23-,27-,28+,29+,30-/m0/s1. The molecule has 5 rings (SSSR count). The van der Waals surface area contributed by atoms with Crippen molar-refractivity contribution in [3.05, 3.63) is 11.6 Å². The van der Waals surface area contributed by atoms with Gasteiger partial charge < -0.3 is 10.8 Å². The number of aliphatic hydroxyl groups excluding tert-OH is 1. The van der Waals surface area contributed by atoms with Gasteiger partial charge in [0.15, 0.2) is 0 Å². The second kappa shape index (κ2) is 6.89. The smallest absolute Gasteiger partial charge is 0.224 e. The molecule has 3 N–H and O–H groups in total. The molecule has 4 fully saturated rings. The van der Waals surface area contributed by atoms with Crippen molar-refractivity contribution in [3.63, 3.8) is 0 Å². The maximum atomic E-state index is 13.0. The number of carbonyl (C=O) groups is 1. The molecule has 0 aromatic rings. The minimum atomic E-state index is -0.331. The predicted octanol–water partition coefficient (Wildman–Crippen LogP) is 6.63. The molecule has 33 heavy (non-hydrogen) atoms. The zero-order valence-electron chi connectivity index (χ0n) is 22.4. The van der Waals surface area contributed by atoms with Gasteiger partial charge in [-0.15, -0.1) is 0 Å². The van der Waals surface area contributed by atoms with E-state index in [4.69, 9.17) is 5.73 Å². The molecule has 3 nitrogen and oxygen atoms in total. The SMILES string of the molecule is CC1(C)CC[C@]2(C(N)=O)CC[C@]3(C)C(=CC[C@@H]4[C@@]5(C)CC[C@H](O)C(C)(C)[C@@H]5CC[C@]43C)[C@@H]2C1. The number of aliphatic hydroxyl groups is 1. The topological polar surface area (TPSA) is 63.3 Å². The van der Waals surface area contributed by atoms with Gasteiger partial charge in [-0.05, 0) is 109 Å². The summed E-state index contributed by atoms with van der Waals surface area (Å²) < 4.78 is 0. The number of allylic oxidation sites excluding steroid dienone is 2. The summed E-state index contributed by atoms with van der Waals surface area (Å²) in [5.74, 6) is 1.48.